The molecule has 0 amide bonds. The maximum atomic E-state index is 11.0. The molecule has 0 atom stereocenters. The molecule has 0 fully saturated rings. The zero-order valence-corrected chi connectivity index (χ0v) is 10.7. The zero-order valence-electron chi connectivity index (χ0n) is 8.80. The summed E-state index contributed by atoms with van der Waals surface area (Å²) in [5, 5.41) is 3.71. The van der Waals surface area contributed by atoms with Gasteiger partial charge in [0.1, 0.15) is 0 Å². The van der Waals surface area contributed by atoms with E-state index in [0.717, 1.165) is 5.21 Å². The molecule has 0 radical (unpaired) electrons. The van der Waals surface area contributed by atoms with Crippen LogP contribution >= 0.6 is 0 Å². The molecule has 0 unspecified atom stereocenters. The molecule has 0 saturated heterocycles. The van der Waals surface area contributed by atoms with E-state index in [2.05, 4.69) is 20.4 Å². The van der Waals surface area contributed by atoms with Crippen LogP contribution < -0.4 is 0 Å². The van der Waals surface area contributed by atoms with Crippen LogP contribution in [0.1, 0.15) is 20.8 Å². The van der Waals surface area contributed by atoms with Gasteiger partial charge in [-0.15, -0.1) is 0 Å². The Hall–Kier alpha value is -0.232. The molecule has 0 rings (SSSR count). The molecular formula is C10H19AsO2. The van der Waals surface area contributed by atoms with Gasteiger partial charge in [0, 0.05) is 0 Å². The molecule has 76 valence electrons. The second kappa shape index (κ2) is 7.20. The fourth-order valence-corrected chi connectivity index (χ4v) is 3.93. The summed E-state index contributed by atoms with van der Waals surface area (Å²) in [4.78, 5) is 11.0. The third kappa shape index (κ3) is 5.92. The van der Waals surface area contributed by atoms with E-state index in [1.165, 1.54) is 10.4 Å². The number of carbonyl (C=O) groups is 1. The minimum atomic E-state index is -0.653. The summed E-state index contributed by atoms with van der Waals surface area (Å²) in [7, 11) is 0. The topological polar surface area (TPSA) is 26.3 Å². The van der Waals surface area contributed by atoms with E-state index in [9.17, 15) is 4.79 Å². The van der Waals surface area contributed by atoms with Crippen LogP contribution in [0, 0.1) is 0 Å². The summed E-state index contributed by atoms with van der Waals surface area (Å²) >= 11 is -0.653. The molecule has 3 heteroatoms. The van der Waals surface area contributed by atoms with Crippen molar-refractivity contribution >= 4 is 20.6 Å². The summed E-state index contributed by atoms with van der Waals surface area (Å²) in [5.41, 5.74) is 0.493. The quantitative estimate of drug-likeness (QED) is 0.409. The summed E-state index contributed by atoms with van der Waals surface area (Å²) in [6.45, 7) is 10.3. The van der Waals surface area contributed by atoms with Crippen LogP contribution in [0.25, 0.3) is 0 Å². The maximum absolute atomic E-state index is 11.0. The molecule has 0 heterocycles. The number of carbonyl (C=O) groups excluding carboxylic acids is 1. The van der Waals surface area contributed by atoms with E-state index in [4.69, 9.17) is 4.74 Å². The van der Waals surface area contributed by atoms with Gasteiger partial charge in [-0.25, -0.2) is 0 Å². The Balaban J connectivity index is 3.54. The van der Waals surface area contributed by atoms with Gasteiger partial charge in [0.05, 0.1) is 0 Å². The van der Waals surface area contributed by atoms with E-state index in [1.54, 1.807) is 6.92 Å². The van der Waals surface area contributed by atoms with Crippen LogP contribution in [0.4, 0.5) is 0 Å². The number of rotatable bonds is 6. The molecule has 0 aromatic heterocycles. The first-order valence-corrected chi connectivity index (χ1v) is 8.64. The van der Waals surface area contributed by atoms with Crippen LogP contribution in [0.15, 0.2) is 12.2 Å². The molecule has 13 heavy (non-hydrogen) atoms. The third-order valence-corrected chi connectivity index (χ3v) is 7.35. The van der Waals surface area contributed by atoms with Crippen molar-refractivity contribution in [1.29, 1.82) is 0 Å². The van der Waals surface area contributed by atoms with Crippen molar-refractivity contribution in [2.24, 2.45) is 0 Å². The average Bonchev–Trinajstić information content (AvgIpc) is 2.12. The third-order valence-electron chi connectivity index (χ3n) is 1.88. The first-order chi connectivity index (χ1) is 6.11. The van der Waals surface area contributed by atoms with Gasteiger partial charge in [0.15, 0.2) is 0 Å². The minimum absolute atomic E-state index is 0.249. The van der Waals surface area contributed by atoms with Crippen LogP contribution in [-0.4, -0.2) is 27.2 Å². The van der Waals surface area contributed by atoms with E-state index < -0.39 is 14.7 Å². The van der Waals surface area contributed by atoms with Gasteiger partial charge in [-0.1, -0.05) is 0 Å². The molecule has 0 aromatic rings. The van der Waals surface area contributed by atoms with Gasteiger partial charge < -0.3 is 0 Å². The zero-order chi connectivity index (χ0) is 10.3. The molecule has 0 N–H and O–H groups in total. The van der Waals surface area contributed by atoms with Crippen LogP contribution in [0.3, 0.4) is 0 Å². The van der Waals surface area contributed by atoms with Crippen LogP contribution in [-0.2, 0) is 9.53 Å². The van der Waals surface area contributed by atoms with Crippen molar-refractivity contribution in [2.75, 3.05) is 6.61 Å². The van der Waals surface area contributed by atoms with Crippen LogP contribution in [0.2, 0.25) is 15.6 Å². The van der Waals surface area contributed by atoms with E-state index >= 15 is 0 Å². The fraction of sp³-hybridized carbons (Fsp3) is 0.700. The van der Waals surface area contributed by atoms with E-state index in [1.807, 2.05) is 0 Å². The standard InChI is InChI=1S/C10H19AsO2/c1-5-11(6-2)7-8-13-10(12)9(3)4/h3,5-8H2,1-2,4H3. The Labute approximate surface area is 85.6 Å². The molecule has 2 nitrogen and oxygen atoms in total. The molecule has 0 aliphatic carbocycles. The van der Waals surface area contributed by atoms with Gasteiger partial charge in [0.2, 0.25) is 0 Å². The van der Waals surface area contributed by atoms with Gasteiger partial charge in [-0.2, -0.15) is 0 Å². The molecule has 0 bridgehead atoms. The van der Waals surface area contributed by atoms with Crippen LogP contribution in [0.5, 0.6) is 0 Å². The monoisotopic (exact) mass is 246 g/mol. The van der Waals surface area contributed by atoms with Gasteiger partial charge in [-0.05, 0) is 0 Å². The summed E-state index contributed by atoms with van der Waals surface area (Å²) < 4.78 is 5.04. The van der Waals surface area contributed by atoms with Crippen molar-refractivity contribution < 1.29 is 9.53 Å². The first-order valence-electron chi connectivity index (χ1n) is 4.66. The Morgan fingerprint density at radius 2 is 1.92 bits per heavy atom. The molecule has 0 spiro atoms. The van der Waals surface area contributed by atoms with Crippen molar-refractivity contribution in [3.8, 4) is 0 Å². The Morgan fingerprint density at radius 3 is 2.31 bits per heavy atom. The van der Waals surface area contributed by atoms with Gasteiger partial charge in [0.25, 0.3) is 0 Å². The summed E-state index contributed by atoms with van der Waals surface area (Å²) in [6.07, 6.45) is 0. The van der Waals surface area contributed by atoms with E-state index in [0.29, 0.717) is 12.2 Å². The molecule has 0 saturated carbocycles. The fourth-order valence-electron chi connectivity index (χ4n) is 0.930. The Morgan fingerprint density at radius 1 is 1.38 bits per heavy atom. The Bertz CT molecular complexity index is 174. The second-order valence-corrected chi connectivity index (χ2v) is 9.35. The molecule has 0 aliphatic rings. The summed E-state index contributed by atoms with van der Waals surface area (Å²) in [5.74, 6) is -0.249. The van der Waals surface area contributed by atoms with Crippen molar-refractivity contribution in [3.05, 3.63) is 12.2 Å². The van der Waals surface area contributed by atoms with E-state index in [-0.39, 0.29) is 5.97 Å². The average molecular weight is 246 g/mol. The molecule has 0 aromatic carbocycles. The van der Waals surface area contributed by atoms with Crippen molar-refractivity contribution in [3.63, 3.8) is 0 Å². The first kappa shape index (κ1) is 12.8. The normalized spacial score (nSPS) is 10.2. The number of hydrogen-bond donors (Lipinski definition) is 0. The van der Waals surface area contributed by atoms with Crippen molar-refractivity contribution in [1.82, 2.24) is 0 Å². The van der Waals surface area contributed by atoms with Crippen molar-refractivity contribution in [2.45, 2.75) is 36.4 Å². The second-order valence-electron chi connectivity index (χ2n) is 2.94. The number of hydrogen-bond acceptors (Lipinski definition) is 2. The molecular weight excluding hydrogens is 227 g/mol. The SMILES string of the molecule is C=C(C)C(=O)OCC[As](CC)CC. The number of esters is 1. The Kier molecular flexibility index (Phi) is 7.07. The predicted octanol–water partition coefficient (Wildman–Crippen LogP) is 2.64. The number of ether oxygens (including phenoxy) is 1. The van der Waals surface area contributed by atoms with Gasteiger partial charge >= 0.3 is 85.3 Å². The summed E-state index contributed by atoms with van der Waals surface area (Å²) in [6, 6.07) is 0. The van der Waals surface area contributed by atoms with Gasteiger partial charge in [-0.3, -0.25) is 0 Å². The predicted molar refractivity (Wildman–Crippen MR) is 57.3 cm³/mol. The molecule has 0 aliphatic heterocycles.